The van der Waals surface area contributed by atoms with Crippen molar-refractivity contribution in [1.29, 1.82) is 5.41 Å². The summed E-state index contributed by atoms with van der Waals surface area (Å²) in [7, 11) is 1.16. The van der Waals surface area contributed by atoms with Gasteiger partial charge in [0.1, 0.15) is 23.8 Å². The molecule has 0 radical (unpaired) electrons. The van der Waals surface area contributed by atoms with E-state index >= 15 is 0 Å². The second-order valence-corrected chi connectivity index (χ2v) is 12.4. The molecule has 46 heavy (non-hydrogen) atoms. The SMILES string of the molecule is COC(=O)NC(=N)Nc1ccc(C(=O)NCC(=O)N2CCN(CC(=O)OC(C)(C)C)C(=O)C2CCCNC(=O)OC(C)(C)C)cc1. The predicted octanol–water partition coefficient (Wildman–Crippen LogP) is 1.81. The van der Waals surface area contributed by atoms with Gasteiger partial charge in [-0.25, -0.2) is 9.59 Å². The van der Waals surface area contributed by atoms with Gasteiger partial charge in [-0.2, -0.15) is 0 Å². The van der Waals surface area contributed by atoms with Gasteiger partial charge in [-0.15, -0.1) is 0 Å². The van der Waals surface area contributed by atoms with E-state index < -0.39 is 59.7 Å². The molecule has 1 unspecified atom stereocenters. The van der Waals surface area contributed by atoms with Crippen molar-refractivity contribution in [2.75, 3.05) is 45.2 Å². The number of hydrogen-bond acceptors (Lipinski definition) is 10. The maximum absolute atomic E-state index is 13.5. The average Bonchev–Trinajstić information content (AvgIpc) is 2.93. The van der Waals surface area contributed by atoms with Crippen LogP contribution in [0.15, 0.2) is 24.3 Å². The maximum Gasteiger partial charge on any atom is 0.413 e. The molecule has 0 bridgehead atoms. The van der Waals surface area contributed by atoms with Crippen LogP contribution in [-0.2, 0) is 28.6 Å². The molecule has 2 rings (SSSR count). The topological polar surface area (TPSA) is 209 Å². The van der Waals surface area contributed by atoms with Gasteiger partial charge in [0.2, 0.25) is 17.8 Å². The van der Waals surface area contributed by atoms with Gasteiger partial charge in [-0.1, -0.05) is 0 Å². The number of carbonyl (C=O) groups is 6. The van der Waals surface area contributed by atoms with E-state index in [4.69, 9.17) is 14.9 Å². The number of anilines is 1. The Labute approximate surface area is 268 Å². The molecule has 5 N–H and O–H groups in total. The van der Waals surface area contributed by atoms with Crippen molar-refractivity contribution < 1.29 is 43.0 Å². The minimum absolute atomic E-state index is 0.0960. The first-order chi connectivity index (χ1) is 21.4. The highest BCUT2D eigenvalue weighted by atomic mass is 16.6. The minimum Gasteiger partial charge on any atom is -0.459 e. The van der Waals surface area contributed by atoms with Crippen molar-refractivity contribution >= 4 is 47.5 Å². The molecule has 5 amide bonds. The molecule has 0 saturated carbocycles. The lowest BCUT2D eigenvalue weighted by Gasteiger charge is -2.40. The van der Waals surface area contributed by atoms with Gasteiger partial charge >= 0.3 is 18.2 Å². The first kappa shape index (κ1) is 37.3. The van der Waals surface area contributed by atoms with Crippen molar-refractivity contribution in [3.8, 4) is 0 Å². The number of hydrogen-bond donors (Lipinski definition) is 5. The van der Waals surface area contributed by atoms with Gasteiger partial charge in [0.15, 0.2) is 0 Å². The largest absolute Gasteiger partial charge is 0.459 e. The van der Waals surface area contributed by atoms with E-state index in [9.17, 15) is 28.8 Å². The van der Waals surface area contributed by atoms with E-state index in [1.165, 1.54) is 34.1 Å². The van der Waals surface area contributed by atoms with Crippen molar-refractivity contribution in [1.82, 2.24) is 25.8 Å². The number of esters is 1. The van der Waals surface area contributed by atoms with E-state index in [1.807, 2.05) is 0 Å². The van der Waals surface area contributed by atoms with Crippen LogP contribution in [0, 0.1) is 5.41 Å². The number of piperazine rings is 1. The van der Waals surface area contributed by atoms with E-state index in [0.29, 0.717) is 12.1 Å². The van der Waals surface area contributed by atoms with Crippen molar-refractivity contribution in [3.63, 3.8) is 0 Å². The van der Waals surface area contributed by atoms with Crippen LogP contribution in [0.25, 0.3) is 0 Å². The average molecular weight is 648 g/mol. The number of ether oxygens (including phenoxy) is 3. The molecule has 1 aliphatic rings. The number of methoxy groups -OCH3 is 1. The number of benzene rings is 1. The Morgan fingerprint density at radius 3 is 2.13 bits per heavy atom. The number of nitrogens with one attached hydrogen (secondary N) is 5. The number of amides is 5. The molecular formula is C30H45N7O9. The third-order valence-electron chi connectivity index (χ3n) is 6.20. The Morgan fingerprint density at radius 2 is 1.54 bits per heavy atom. The number of guanidine groups is 1. The number of alkyl carbamates (subject to hydrolysis) is 2. The fourth-order valence-corrected chi connectivity index (χ4v) is 4.30. The molecule has 254 valence electrons. The molecule has 16 nitrogen and oxygen atoms in total. The quantitative estimate of drug-likeness (QED) is 0.0818. The summed E-state index contributed by atoms with van der Waals surface area (Å²) in [5, 5.41) is 17.7. The van der Waals surface area contributed by atoms with Gasteiger partial charge in [-0.05, 0) is 78.6 Å². The second-order valence-electron chi connectivity index (χ2n) is 12.4. The van der Waals surface area contributed by atoms with Crippen LogP contribution in [0.2, 0.25) is 0 Å². The molecule has 0 aliphatic carbocycles. The molecule has 1 saturated heterocycles. The fraction of sp³-hybridized carbons (Fsp3) is 0.567. The van der Waals surface area contributed by atoms with Crippen LogP contribution in [0.5, 0.6) is 0 Å². The molecular weight excluding hydrogens is 602 g/mol. The summed E-state index contributed by atoms with van der Waals surface area (Å²) in [6.07, 6.45) is -0.902. The zero-order valence-electron chi connectivity index (χ0n) is 27.4. The molecule has 1 aliphatic heterocycles. The van der Waals surface area contributed by atoms with Crippen LogP contribution >= 0.6 is 0 Å². The van der Waals surface area contributed by atoms with Crippen LogP contribution in [0.4, 0.5) is 15.3 Å². The van der Waals surface area contributed by atoms with Gasteiger partial charge in [0.05, 0.1) is 13.7 Å². The van der Waals surface area contributed by atoms with Crippen molar-refractivity contribution in [3.05, 3.63) is 29.8 Å². The van der Waals surface area contributed by atoms with Gasteiger partial charge in [-0.3, -0.25) is 29.9 Å². The Morgan fingerprint density at radius 1 is 0.913 bits per heavy atom. The smallest absolute Gasteiger partial charge is 0.413 e. The summed E-state index contributed by atoms with van der Waals surface area (Å²) in [6, 6.07) is 5.02. The molecule has 1 fully saturated rings. The zero-order chi connectivity index (χ0) is 34.7. The standard InChI is InChI=1S/C30H45N7O9/c1-29(2,3)45-23(39)18-36-15-16-37(21(25(36)41)9-8-14-32-27(42)46-30(4,5)6)22(38)17-33-24(40)19-10-12-20(13-11-19)34-26(31)35-28(43)44-7/h10-13,21H,8-9,14-18H2,1-7H3,(H,32,42)(H,33,40)(H3,31,34,35,43). The van der Waals surface area contributed by atoms with Crippen LogP contribution in [0.1, 0.15) is 64.7 Å². The van der Waals surface area contributed by atoms with Gasteiger partial charge in [0.25, 0.3) is 5.91 Å². The number of nitrogens with zero attached hydrogens (tertiary/aromatic N) is 2. The monoisotopic (exact) mass is 647 g/mol. The number of rotatable bonds is 10. The zero-order valence-corrected chi connectivity index (χ0v) is 27.4. The predicted molar refractivity (Wildman–Crippen MR) is 167 cm³/mol. The molecule has 1 aromatic carbocycles. The number of carbonyl (C=O) groups excluding carboxylic acids is 6. The Balaban J connectivity index is 2.03. The molecule has 0 aromatic heterocycles. The molecule has 0 spiro atoms. The van der Waals surface area contributed by atoms with Gasteiger partial charge < -0.3 is 40.0 Å². The third-order valence-corrected chi connectivity index (χ3v) is 6.20. The summed E-state index contributed by atoms with van der Waals surface area (Å²) < 4.78 is 15.0. The Kier molecular flexibility index (Phi) is 13.3. The summed E-state index contributed by atoms with van der Waals surface area (Å²) in [5.74, 6) is -2.38. The highest BCUT2D eigenvalue weighted by molar-refractivity contribution is 6.01. The summed E-state index contributed by atoms with van der Waals surface area (Å²) in [5.41, 5.74) is -0.759. The summed E-state index contributed by atoms with van der Waals surface area (Å²) in [4.78, 5) is 77.9. The normalized spacial score (nSPS) is 14.9. The second kappa shape index (κ2) is 16.4. The Bertz CT molecular complexity index is 1290. The first-order valence-corrected chi connectivity index (χ1v) is 14.7. The third kappa shape index (κ3) is 13.0. The van der Waals surface area contributed by atoms with Gasteiger partial charge in [0, 0.05) is 30.9 Å². The van der Waals surface area contributed by atoms with Crippen LogP contribution in [0.3, 0.4) is 0 Å². The van der Waals surface area contributed by atoms with E-state index in [-0.39, 0.29) is 44.1 Å². The maximum atomic E-state index is 13.5. The van der Waals surface area contributed by atoms with E-state index in [0.717, 1.165) is 7.11 Å². The highest BCUT2D eigenvalue weighted by Crippen LogP contribution is 2.18. The lowest BCUT2D eigenvalue weighted by atomic mass is 10.0. The summed E-state index contributed by atoms with van der Waals surface area (Å²) >= 11 is 0. The lowest BCUT2D eigenvalue weighted by molar-refractivity contribution is -0.163. The molecule has 1 aromatic rings. The summed E-state index contributed by atoms with van der Waals surface area (Å²) in [6.45, 7) is 10.1. The molecule has 1 heterocycles. The first-order valence-electron chi connectivity index (χ1n) is 14.7. The molecule has 16 heteroatoms. The van der Waals surface area contributed by atoms with Crippen LogP contribution in [-0.4, -0.2) is 109 Å². The highest BCUT2D eigenvalue weighted by Gasteiger charge is 2.38. The fourth-order valence-electron chi connectivity index (χ4n) is 4.30. The van der Waals surface area contributed by atoms with Crippen molar-refractivity contribution in [2.45, 2.75) is 71.6 Å². The van der Waals surface area contributed by atoms with E-state index in [2.05, 4.69) is 26.0 Å². The lowest BCUT2D eigenvalue weighted by Crippen LogP contribution is -2.61. The Hall–Kier alpha value is -4.89. The van der Waals surface area contributed by atoms with Crippen molar-refractivity contribution in [2.24, 2.45) is 0 Å². The van der Waals surface area contributed by atoms with E-state index in [1.54, 1.807) is 41.5 Å². The molecule has 1 atom stereocenters. The van der Waals surface area contributed by atoms with Crippen LogP contribution < -0.4 is 21.3 Å². The minimum atomic E-state index is -0.930.